The lowest BCUT2D eigenvalue weighted by molar-refractivity contribution is -0.148. The number of piperidine rings is 1. The van der Waals surface area contributed by atoms with E-state index in [0.717, 1.165) is 35.9 Å². The molecular formula is C23H24ClN3O4S. The van der Waals surface area contributed by atoms with Crippen LogP contribution < -0.4 is 4.90 Å². The van der Waals surface area contributed by atoms with Gasteiger partial charge in [-0.05, 0) is 49.4 Å². The number of nitrogens with zero attached hydrogens (tertiary/aromatic N) is 3. The number of hydrogen-bond acceptors (Lipinski definition) is 8. The molecule has 7 nitrogen and oxygen atoms in total. The third-order valence-corrected chi connectivity index (χ3v) is 6.82. The predicted octanol–water partition coefficient (Wildman–Crippen LogP) is 4.79. The molecule has 1 atom stereocenters. The van der Waals surface area contributed by atoms with Crippen LogP contribution in [-0.4, -0.2) is 41.6 Å². The van der Waals surface area contributed by atoms with Crippen molar-refractivity contribution in [3.8, 4) is 0 Å². The minimum absolute atomic E-state index is 0.108. The van der Waals surface area contributed by atoms with Crippen LogP contribution in [0.4, 0.5) is 5.82 Å². The first-order valence-electron chi connectivity index (χ1n) is 10.6. The second-order valence-electron chi connectivity index (χ2n) is 7.65. The summed E-state index contributed by atoms with van der Waals surface area (Å²) in [4.78, 5) is 37.1. The van der Waals surface area contributed by atoms with Gasteiger partial charge >= 0.3 is 11.9 Å². The highest BCUT2D eigenvalue weighted by molar-refractivity contribution is 7.20. The third-order valence-electron chi connectivity index (χ3n) is 5.48. The molecular weight excluding hydrogens is 450 g/mol. The summed E-state index contributed by atoms with van der Waals surface area (Å²) in [6, 6.07) is 9.54. The number of ether oxygens (including phenoxy) is 2. The molecule has 0 N–H and O–H groups in total. The number of carbonyl (C=O) groups is 2. The lowest BCUT2D eigenvalue weighted by atomic mass is 9.98. The fourth-order valence-corrected chi connectivity index (χ4v) is 5.21. The van der Waals surface area contributed by atoms with Crippen LogP contribution in [0.5, 0.6) is 0 Å². The van der Waals surface area contributed by atoms with E-state index in [0.29, 0.717) is 28.7 Å². The number of rotatable bonds is 6. The zero-order valence-electron chi connectivity index (χ0n) is 18.0. The van der Waals surface area contributed by atoms with E-state index in [-0.39, 0.29) is 23.8 Å². The molecule has 1 aliphatic rings. The second-order valence-corrected chi connectivity index (χ2v) is 8.99. The molecule has 0 amide bonds. The van der Waals surface area contributed by atoms with Crippen LogP contribution in [0.3, 0.4) is 0 Å². The van der Waals surface area contributed by atoms with Gasteiger partial charge in [0.25, 0.3) is 0 Å². The second kappa shape index (κ2) is 9.83. The molecule has 1 aliphatic heterocycles. The number of fused-ring (bicyclic) bond motifs is 1. The largest absolute Gasteiger partial charge is 0.466 e. The summed E-state index contributed by atoms with van der Waals surface area (Å²) in [5, 5.41) is 0.881. The fourth-order valence-electron chi connectivity index (χ4n) is 3.93. The molecule has 2 aromatic heterocycles. The maximum atomic E-state index is 12.8. The Bertz CT molecular complexity index is 1140. The van der Waals surface area contributed by atoms with Crippen LogP contribution in [0.2, 0.25) is 5.28 Å². The predicted molar refractivity (Wildman–Crippen MR) is 124 cm³/mol. The van der Waals surface area contributed by atoms with Crippen LogP contribution in [-0.2, 0) is 20.9 Å². The minimum Gasteiger partial charge on any atom is -0.466 e. The molecule has 32 heavy (non-hydrogen) atoms. The van der Waals surface area contributed by atoms with Crippen LogP contribution in [0.25, 0.3) is 10.2 Å². The summed E-state index contributed by atoms with van der Waals surface area (Å²) in [5.74, 6) is -0.174. The Kier molecular flexibility index (Phi) is 6.91. The summed E-state index contributed by atoms with van der Waals surface area (Å²) >= 11 is 7.47. The Morgan fingerprint density at radius 1 is 1.22 bits per heavy atom. The van der Waals surface area contributed by atoms with Crippen molar-refractivity contribution >= 4 is 50.9 Å². The zero-order valence-corrected chi connectivity index (χ0v) is 19.5. The summed E-state index contributed by atoms with van der Waals surface area (Å²) < 4.78 is 10.7. The van der Waals surface area contributed by atoms with Gasteiger partial charge in [0.1, 0.15) is 22.1 Å². The lowest BCUT2D eigenvalue weighted by Crippen LogP contribution is -2.40. The molecule has 4 rings (SSSR count). The van der Waals surface area contributed by atoms with Gasteiger partial charge in [-0.3, -0.25) is 4.79 Å². The summed E-state index contributed by atoms with van der Waals surface area (Å²) in [7, 11) is 0. The van der Waals surface area contributed by atoms with Crippen molar-refractivity contribution < 1.29 is 19.1 Å². The van der Waals surface area contributed by atoms with Crippen LogP contribution >= 0.6 is 22.9 Å². The number of aromatic nitrogens is 2. The zero-order chi connectivity index (χ0) is 22.7. The highest BCUT2D eigenvalue weighted by Crippen LogP contribution is 2.38. The van der Waals surface area contributed by atoms with E-state index in [2.05, 4.69) is 9.97 Å². The van der Waals surface area contributed by atoms with Crippen LogP contribution in [0, 0.1) is 12.8 Å². The van der Waals surface area contributed by atoms with Gasteiger partial charge in [0.2, 0.25) is 5.28 Å². The molecule has 168 valence electrons. The number of benzene rings is 1. The fraction of sp³-hybridized carbons (Fsp3) is 0.391. The highest BCUT2D eigenvalue weighted by Gasteiger charge is 2.30. The summed E-state index contributed by atoms with van der Waals surface area (Å²) in [6.07, 6.45) is 1.61. The summed E-state index contributed by atoms with van der Waals surface area (Å²) in [6.45, 7) is 5.45. The Morgan fingerprint density at radius 3 is 2.75 bits per heavy atom. The van der Waals surface area contributed by atoms with Crippen molar-refractivity contribution in [2.24, 2.45) is 5.92 Å². The molecule has 0 aliphatic carbocycles. The van der Waals surface area contributed by atoms with Gasteiger partial charge in [0, 0.05) is 13.1 Å². The molecule has 3 aromatic rings. The Labute approximate surface area is 195 Å². The van der Waals surface area contributed by atoms with Crippen molar-refractivity contribution in [3.05, 3.63) is 51.6 Å². The number of aryl methyl sites for hydroxylation is 1. The molecule has 1 fully saturated rings. The Hall–Kier alpha value is -2.71. The molecule has 1 saturated heterocycles. The van der Waals surface area contributed by atoms with Gasteiger partial charge in [-0.15, -0.1) is 11.3 Å². The first kappa shape index (κ1) is 22.5. The first-order valence-corrected chi connectivity index (χ1v) is 11.8. The molecule has 1 aromatic carbocycles. The van der Waals surface area contributed by atoms with Crippen LogP contribution in [0.15, 0.2) is 30.3 Å². The van der Waals surface area contributed by atoms with Gasteiger partial charge in [-0.2, -0.15) is 4.98 Å². The van der Waals surface area contributed by atoms with Crippen molar-refractivity contribution in [3.63, 3.8) is 0 Å². The SMILES string of the molecule is CCOC(=O)C1CCCN(c2nc(Cl)nc3sc(C(=O)OCc4ccccc4)c(C)c23)C1. The molecule has 0 saturated carbocycles. The van der Waals surface area contributed by atoms with E-state index in [1.54, 1.807) is 6.92 Å². The number of anilines is 1. The lowest BCUT2D eigenvalue weighted by Gasteiger charge is -2.32. The number of hydrogen-bond donors (Lipinski definition) is 0. The number of esters is 2. The number of carbonyl (C=O) groups excluding carboxylic acids is 2. The normalized spacial score (nSPS) is 16.2. The molecule has 9 heteroatoms. The standard InChI is InChI=1S/C23H24ClN3O4S/c1-3-30-21(28)16-10-7-11-27(12-16)19-17-14(2)18(32-20(17)26-23(24)25-19)22(29)31-13-15-8-5-4-6-9-15/h4-6,8-9,16H,3,7,10-13H2,1-2H3. The van der Waals surface area contributed by atoms with Crippen molar-refractivity contribution in [1.82, 2.24) is 9.97 Å². The maximum Gasteiger partial charge on any atom is 0.349 e. The summed E-state index contributed by atoms with van der Waals surface area (Å²) in [5.41, 5.74) is 1.68. The van der Waals surface area contributed by atoms with E-state index in [1.807, 2.05) is 42.2 Å². The Balaban J connectivity index is 1.62. The number of thiophene rings is 1. The molecule has 0 spiro atoms. The van der Waals surface area contributed by atoms with Gasteiger partial charge in [-0.25, -0.2) is 9.78 Å². The quantitative estimate of drug-likeness (QED) is 0.376. The Morgan fingerprint density at radius 2 is 2.00 bits per heavy atom. The van der Waals surface area contributed by atoms with Crippen LogP contribution in [0.1, 0.15) is 40.6 Å². The molecule has 3 heterocycles. The van der Waals surface area contributed by atoms with Gasteiger partial charge in [0.15, 0.2) is 0 Å². The molecule has 1 unspecified atom stereocenters. The topological polar surface area (TPSA) is 81.6 Å². The van der Waals surface area contributed by atoms with E-state index >= 15 is 0 Å². The number of halogens is 1. The first-order chi connectivity index (χ1) is 15.5. The molecule has 0 bridgehead atoms. The molecule has 0 radical (unpaired) electrons. The highest BCUT2D eigenvalue weighted by atomic mass is 35.5. The van der Waals surface area contributed by atoms with E-state index in [9.17, 15) is 9.59 Å². The van der Waals surface area contributed by atoms with Gasteiger partial charge in [0.05, 0.1) is 17.9 Å². The van der Waals surface area contributed by atoms with E-state index < -0.39 is 5.97 Å². The smallest absolute Gasteiger partial charge is 0.349 e. The third kappa shape index (κ3) is 4.71. The van der Waals surface area contributed by atoms with E-state index in [1.165, 1.54) is 11.3 Å². The average Bonchev–Trinajstić information content (AvgIpc) is 3.14. The van der Waals surface area contributed by atoms with E-state index in [4.69, 9.17) is 21.1 Å². The van der Waals surface area contributed by atoms with Crippen molar-refractivity contribution in [2.75, 3.05) is 24.6 Å². The average molecular weight is 474 g/mol. The maximum absolute atomic E-state index is 12.8. The van der Waals surface area contributed by atoms with Crippen molar-refractivity contribution in [1.29, 1.82) is 0 Å². The van der Waals surface area contributed by atoms with Gasteiger partial charge < -0.3 is 14.4 Å². The minimum atomic E-state index is -0.403. The van der Waals surface area contributed by atoms with Gasteiger partial charge in [-0.1, -0.05) is 30.3 Å². The monoisotopic (exact) mass is 473 g/mol. The van der Waals surface area contributed by atoms with Crippen molar-refractivity contribution in [2.45, 2.75) is 33.3 Å².